The van der Waals surface area contributed by atoms with Gasteiger partial charge in [-0.25, -0.2) is 9.97 Å². The van der Waals surface area contributed by atoms with Crippen LogP contribution in [0.3, 0.4) is 0 Å². The van der Waals surface area contributed by atoms with Crippen LogP contribution in [0.5, 0.6) is 0 Å². The Bertz CT molecular complexity index is 989. The number of H-pyrrole nitrogens is 1. The fourth-order valence-corrected chi connectivity index (χ4v) is 3.25. The molecule has 1 saturated heterocycles. The van der Waals surface area contributed by atoms with Crippen LogP contribution in [0.1, 0.15) is 13.3 Å². The summed E-state index contributed by atoms with van der Waals surface area (Å²) >= 11 is 0. The van der Waals surface area contributed by atoms with Gasteiger partial charge in [0.15, 0.2) is 5.65 Å². The van der Waals surface area contributed by atoms with Gasteiger partial charge >= 0.3 is 0 Å². The smallest absolute Gasteiger partial charge is 0.237 e. The van der Waals surface area contributed by atoms with Crippen molar-refractivity contribution in [2.24, 2.45) is 5.92 Å². The van der Waals surface area contributed by atoms with E-state index in [0.717, 1.165) is 34.9 Å². The molecule has 1 aliphatic heterocycles. The summed E-state index contributed by atoms with van der Waals surface area (Å²) in [6.07, 6.45) is 6.10. The Kier molecular flexibility index (Phi) is 3.69. The van der Waals surface area contributed by atoms with Crippen molar-refractivity contribution in [3.05, 3.63) is 24.7 Å². The quantitative estimate of drug-likeness (QED) is 0.748. The second-order valence-corrected chi connectivity index (χ2v) is 6.28. The Balaban J connectivity index is 1.64. The molecule has 8 heteroatoms. The summed E-state index contributed by atoms with van der Waals surface area (Å²) in [5.41, 5.74) is 0.709. The second kappa shape index (κ2) is 6.02. The summed E-state index contributed by atoms with van der Waals surface area (Å²) < 4.78 is 0. The zero-order valence-corrected chi connectivity index (χ0v) is 13.7. The van der Waals surface area contributed by atoms with Gasteiger partial charge in [0.1, 0.15) is 11.7 Å². The molecule has 126 valence electrons. The molecule has 3 aromatic rings. The molecule has 2 atom stereocenters. The zero-order valence-electron chi connectivity index (χ0n) is 13.7. The van der Waals surface area contributed by atoms with Gasteiger partial charge in [0.25, 0.3) is 0 Å². The maximum atomic E-state index is 11.9. The van der Waals surface area contributed by atoms with Crippen molar-refractivity contribution >= 4 is 33.5 Å². The van der Waals surface area contributed by atoms with Gasteiger partial charge < -0.3 is 10.2 Å². The summed E-state index contributed by atoms with van der Waals surface area (Å²) in [5, 5.41) is 22.1. The van der Waals surface area contributed by atoms with Crippen LogP contribution in [0.25, 0.3) is 21.8 Å². The molecule has 2 N–H and O–H groups in total. The molecule has 1 aliphatic rings. The Morgan fingerprint density at radius 2 is 2.36 bits per heavy atom. The van der Waals surface area contributed by atoms with E-state index in [1.807, 2.05) is 12.1 Å². The van der Waals surface area contributed by atoms with Gasteiger partial charge in [-0.15, -0.1) is 0 Å². The Morgan fingerprint density at radius 1 is 1.48 bits per heavy atom. The number of carbonyl (C=O) groups excluding carboxylic acids is 1. The first kappa shape index (κ1) is 15.3. The number of aromatic nitrogens is 4. The highest BCUT2D eigenvalue weighted by molar-refractivity contribution is 6.10. The van der Waals surface area contributed by atoms with Crippen LogP contribution in [0, 0.1) is 17.2 Å². The van der Waals surface area contributed by atoms with Gasteiger partial charge in [0.2, 0.25) is 5.91 Å². The van der Waals surface area contributed by atoms with E-state index in [4.69, 9.17) is 5.26 Å². The van der Waals surface area contributed by atoms with Gasteiger partial charge in [-0.2, -0.15) is 10.4 Å². The normalized spacial score (nSPS) is 18.4. The van der Waals surface area contributed by atoms with Crippen molar-refractivity contribution in [2.75, 3.05) is 18.0 Å². The van der Waals surface area contributed by atoms with Crippen LogP contribution >= 0.6 is 0 Å². The number of rotatable bonds is 3. The van der Waals surface area contributed by atoms with Crippen molar-refractivity contribution < 1.29 is 4.79 Å². The van der Waals surface area contributed by atoms with Crippen LogP contribution in [0.15, 0.2) is 24.7 Å². The first-order valence-corrected chi connectivity index (χ1v) is 8.19. The van der Waals surface area contributed by atoms with E-state index in [2.05, 4.69) is 30.4 Å². The third kappa shape index (κ3) is 2.63. The van der Waals surface area contributed by atoms with Crippen LogP contribution in [0.4, 0.5) is 5.82 Å². The maximum absolute atomic E-state index is 11.9. The summed E-state index contributed by atoms with van der Waals surface area (Å²) in [4.78, 5) is 22.7. The van der Waals surface area contributed by atoms with Gasteiger partial charge in [0.05, 0.1) is 12.3 Å². The monoisotopic (exact) mass is 335 g/mol. The fourth-order valence-electron chi connectivity index (χ4n) is 3.25. The van der Waals surface area contributed by atoms with E-state index in [1.165, 1.54) is 0 Å². The van der Waals surface area contributed by atoms with E-state index in [9.17, 15) is 4.79 Å². The highest BCUT2D eigenvalue weighted by Crippen LogP contribution is 2.31. The second-order valence-electron chi connectivity index (χ2n) is 6.28. The first-order valence-electron chi connectivity index (χ1n) is 8.19. The van der Waals surface area contributed by atoms with E-state index < -0.39 is 5.92 Å². The molecule has 1 fully saturated rings. The predicted molar refractivity (Wildman–Crippen MR) is 92.7 cm³/mol. The molecule has 0 radical (unpaired) electrons. The number of fused-ring (bicyclic) bond motifs is 3. The van der Waals surface area contributed by atoms with Gasteiger partial charge in [0, 0.05) is 47.7 Å². The van der Waals surface area contributed by atoms with E-state index in [0.29, 0.717) is 12.2 Å². The van der Waals surface area contributed by atoms with Gasteiger partial charge in [-0.3, -0.25) is 9.89 Å². The largest absolute Gasteiger partial charge is 0.354 e. The minimum Gasteiger partial charge on any atom is -0.354 e. The summed E-state index contributed by atoms with van der Waals surface area (Å²) in [6, 6.07) is 3.93. The number of aromatic amines is 1. The maximum Gasteiger partial charge on any atom is 0.237 e. The number of hydrogen-bond donors (Lipinski definition) is 2. The van der Waals surface area contributed by atoms with Crippen LogP contribution in [0.2, 0.25) is 0 Å². The number of anilines is 1. The molecule has 2 unspecified atom stereocenters. The number of pyridine rings is 1. The summed E-state index contributed by atoms with van der Waals surface area (Å²) in [7, 11) is 0. The van der Waals surface area contributed by atoms with Crippen LogP contribution in [-0.2, 0) is 4.79 Å². The molecule has 4 rings (SSSR count). The fraction of sp³-hybridized carbons (Fsp3) is 0.353. The number of nitrogens with zero attached hydrogens (tertiary/aromatic N) is 5. The standard InChI is InChI=1S/C17H17N7O/c1-10(6-18)17(25)22-12-3-5-24(9-12)16-14-11(8-21-23-16)7-20-15-13(14)2-4-19-15/h2,4,7-8,10,12,23H,3,5,9H2,1H3,(H,22,25). The van der Waals surface area contributed by atoms with Crippen LogP contribution < -0.4 is 10.2 Å². The first-order chi connectivity index (χ1) is 12.2. The molecular weight excluding hydrogens is 318 g/mol. The van der Waals surface area contributed by atoms with E-state index in [-0.39, 0.29) is 11.9 Å². The van der Waals surface area contributed by atoms with Crippen LogP contribution in [-0.4, -0.2) is 45.2 Å². The SMILES string of the molecule is CC(C#N)C(=O)NC1CCN(c2[nH]ncc3cnc4nccc4c23)C1. The molecule has 8 nitrogen and oxygen atoms in total. The molecule has 0 spiro atoms. The minimum absolute atomic E-state index is 0.0158. The number of nitriles is 1. The third-order valence-electron chi connectivity index (χ3n) is 4.61. The lowest BCUT2D eigenvalue weighted by molar-refractivity contribution is -0.123. The number of hydrogen-bond acceptors (Lipinski definition) is 6. The predicted octanol–water partition coefficient (Wildman–Crippen LogP) is 1.36. The molecule has 3 aromatic heterocycles. The van der Waals surface area contributed by atoms with E-state index >= 15 is 0 Å². The molecule has 0 aromatic carbocycles. The van der Waals surface area contributed by atoms with Crippen molar-refractivity contribution in [2.45, 2.75) is 19.4 Å². The van der Waals surface area contributed by atoms with Crippen molar-refractivity contribution in [3.63, 3.8) is 0 Å². The number of nitrogens with one attached hydrogen (secondary N) is 2. The Morgan fingerprint density at radius 3 is 3.20 bits per heavy atom. The molecule has 1 amide bonds. The summed E-state index contributed by atoms with van der Waals surface area (Å²) in [6.45, 7) is 3.07. The lowest BCUT2D eigenvalue weighted by Crippen LogP contribution is -2.39. The highest BCUT2D eigenvalue weighted by atomic mass is 16.1. The molecule has 0 saturated carbocycles. The minimum atomic E-state index is -0.638. The van der Waals surface area contributed by atoms with E-state index in [1.54, 1.807) is 25.5 Å². The van der Waals surface area contributed by atoms with Crippen molar-refractivity contribution in [1.82, 2.24) is 25.5 Å². The average molecular weight is 335 g/mol. The van der Waals surface area contributed by atoms with Gasteiger partial charge in [-0.1, -0.05) is 0 Å². The number of carbonyl (C=O) groups is 1. The summed E-state index contributed by atoms with van der Waals surface area (Å²) in [5.74, 6) is 0.0464. The zero-order chi connectivity index (χ0) is 17.4. The molecule has 0 bridgehead atoms. The lowest BCUT2D eigenvalue weighted by Gasteiger charge is -2.20. The molecule has 4 heterocycles. The Hall–Kier alpha value is -3.21. The van der Waals surface area contributed by atoms with Gasteiger partial charge in [-0.05, 0) is 19.4 Å². The third-order valence-corrected chi connectivity index (χ3v) is 4.61. The highest BCUT2D eigenvalue weighted by Gasteiger charge is 2.27. The average Bonchev–Trinajstić information content (AvgIpc) is 3.29. The molecule has 0 aliphatic carbocycles. The molecular formula is C17H17N7O. The van der Waals surface area contributed by atoms with Crippen molar-refractivity contribution in [3.8, 4) is 6.07 Å². The molecule has 25 heavy (non-hydrogen) atoms. The van der Waals surface area contributed by atoms with Crippen molar-refractivity contribution in [1.29, 1.82) is 5.26 Å². The Labute approximate surface area is 143 Å². The number of amides is 1. The topological polar surface area (TPSA) is 111 Å². The lowest BCUT2D eigenvalue weighted by atomic mass is 10.1.